The number of nitrogens with zero attached hydrogens (tertiary/aromatic N) is 1. The fourth-order valence-electron chi connectivity index (χ4n) is 1.91. The van der Waals surface area contributed by atoms with Crippen molar-refractivity contribution in [2.45, 2.75) is 19.9 Å². The van der Waals surface area contributed by atoms with Crippen molar-refractivity contribution in [3.8, 4) is 0 Å². The van der Waals surface area contributed by atoms with Crippen molar-refractivity contribution in [2.75, 3.05) is 11.9 Å². The number of anilines is 1. The zero-order chi connectivity index (χ0) is 16.1. The Morgan fingerprint density at radius 2 is 1.91 bits per heavy atom. The molecule has 116 valence electrons. The Kier molecular flexibility index (Phi) is 5.06. The van der Waals surface area contributed by atoms with Gasteiger partial charge in [-0.3, -0.25) is 9.59 Å². The molecule has 0 aliphatic rings. The number of carbonyl (C=O) groups is 2. The van der Waals surface area contributed by atoms with Crippen molar-refractivity contribution in [2.24, 2.45) is 11.7 Å². The van der Waals surface area contributed by atoms with E-state index in [0.717, 1.165) is 10.9 Å². The summed E-state index contributed by atoms with van der Waals surface area (Å²) < 4.78 is 0. The summed E-state index contributed by atoms with van der Waals surface area (Å²) in [5.74, 6) is -0.208. The predicted octanol–water partition coefficient (Wildman–Crippen LogP) is 1.27. The average molecular weight is 300 g/mol. The van der Waals surface area contributed by atoms with Crippen molar-refractivity contribution in [3.05, 3.63) is 36.4 Å². The third kappa shape index (κ3) is 4.02. The minimum atomic E-state index is -0.619. The molecule has 1 aromatic heterocycles. The molecule has 1 atom stereocenters. The number of para-hydroxylation sites is 1. The summed E-state index contributed by atoms with van der Waals surface area (Å²) in [5.41, 5.74) is 6.50. The van der Waals surface area contributed by atoms with Crippen LogP contribution in [-0.2, 0) is 9.59 Å². The van der Waals surface area contributed by atoms with Gasteiger partial charge in [-0.1, -0.05) is 32.0 Å². The Hall–Kier alpha value is -2.47. The number of benzene rings is 1. The lowest BCUT2D eigenvalue weighted by Gasteiger charge is -2.15. The van der Waals surface area contributed by atoms with Gasteiger partial charge in [0.1, 0.15) is 5.82 Å². The summed E-state index contributed by atoms with van der Waals surface area (Å²) >= 11 is 0. The third-order valence-electron chi connectivity index (χ3n) is 3.31. The van der Waals surface area contributed by atoms with Gasteiger partial charge in [-0.15, -0.1) is 0 Å². The van der Waals surface area contributed by atoms with Crippen molar-refractivity contribution < 1.29 is 9.59 Å². The fourth-order valence-corrected chi connectivity index (χ4v) is 1.91. The van der Waals surface area contributed by atoms with E-state index in [0.29, 0.717) is 5.82 Å². The lowest BCUT2D eigenvalue weighted by atomic mass is 10.1. The van der Waals surface area contributed by atoms with Gasteiger partial charge in [0.25, 0.3) is 0 Å². The van der Waals surface area contributed by atoms with Gasteiger partial charge in [0.15, 0.2) is 0 Å². The zero-order valence-corrected chi connectivity index (χ0v) is 12.7. The molecule has 2 aromatic rings. The standard InChI is InChI=1S/C16H20N4O2/c1-10(2)15(17)16(22)18-9-14(21)20-13-8-7-11-5-3-4-6-12(11)19-13/h3-8,10,15H,9,17H2,1-2H3,(H,18,22)(H,19,20,21)/t15-/m0/s1. The van der Waals surface area contributed by atoms with Crippen LogP contribution >= 0.6 is 0 Å². The molecule has 0 spiro atoms. The number of nitrogens with two attached hydrogens (primary N) is 1. The Balaban J connectivity index is 1.92. The number of hydrogen-bond acceptors (Lipinski definition) is 4. The summed E-state index contributed by atoms with van der Waals surface area (Å²) in [6.45, 7) is 3.57. The molecule has 0 saturated heterocycles. The first kappa shape index (κ1) is 15.9. The highest BCUT2D eigenvalue weighted by Crippen LogP contribution is 2.14. The largest absolute Gasteiger partial charge is 0.346 e. The Bertz CT molecular complexity index is 685. The quantitative estimate of drug-likeness (QED) is 0.774. The second-order valence-electron chi connectivity index (χ2n) is 5.42. The van der Waals surface area contributed by atoms with Crippen LogP contribution in [0.5, 0.6) is 0 Å². The maximum Gasteiger partial charge on any atom is 0.244 e. The van der Waals surface area contributed by atoms with Crippen LogP contribution in [0.4, 0.5) is 5.82 Å². The van der Waals surface area contributed by atoms with E-state index in [1.807, 2.05) is 44.2 Å². The normalized spacial score (nSPS) is 12.2. The highest BCUT2D eigenvalue weighted by molar-refractivity contribution is 5.95. The van der Waals surface area contributed by atoms with Gasteiger partial charge < -0.3 is 16.4 Å². The molecule has 0 saturated carbocycles. The van der Waals surface area contributed by atoms with Gasteiger partial charge in [-0.2, -0.15) is 0 Å². The Labute approximate surface area is 129 Å². The van der Waals surface area contributed by atoms with E-state index in [9.17, 15) is 9.59 Å². The van der Waals surface area contributed by atoms with Crippen LogP contribution < -0.4 is 16.4 Å². The molecule has 4 N–H and O–H groups in total. The molecule has 0 fully saturated rings. The molecule has 1 heterocycles. The number of hydrogen-bond donors (Lipinski definition) is 3. The predicted molar refractivity (Wildman–Crippen MR) is 86.2 cm³/mol. The average Bonchev–Trinajstić information content (AvgIpc) is 2.51. The maximum absolute atomic E-state index is 11.8. The van der Waals surface area contributed by atoms with E-state index in [1.54, 1.807) is 6.07 Å². The van der Waals surface area contributed by atoms with E-state index in [4.69, 9.17) is 5.73 Å². The monoisotopic (exact) mass is 300 g/mol. The van der Waals surface area contributed by atoms with Crippen LogP contribution in [0.25, 0.3) is 10.9 Å². The number of nitrogens with one attached hydrogen (secondary N) is 2. The molecule has 2 rings (SSSR count). The van der Waals surface area contributed by atoms with Crippen LogP contribution in [0.15, 0.2) is 36.4 Å². The minimum absolute atomic E-state index is 0.0187. The molecule has 0 aliphatic heterocycles. The van der Waals surface area contributed by atoms with E-state index in [-0.39, 0.29) is 24.3 Å². The first-order valence-corrected chi connectivity index (χ1v) is 7.16. The topological polar surface area (TPSA) is 97.1 Å². The van der Waals surface area contributed by atoms with Crippen molar-refractivity contribution in [1.29, 1.82) is 0 Å². The first-order chi connectivity index (χ1) is 10.5. The van der Waals surface area contributed by atoms with Crippen molar-refractivity contribution >= 4 is 28.5 Å². The van der Waals surface area contributed by atoms with Crippen LogP contribution in [0.2, 0.25) is 0 Å². The second kappa shape index (κ2) is 7.00. The van der Waals surface area contributed by atoms with Crippen LogP contribution in [0, 0.1) is 5.92 Å². The van der Waals surface area contributed by atoms with Gasteiger partial charge in [-0.25, -0.2) is 4.98 Å². The third-order valence-corrected chi connectivity index (χ3v) is 3.31. The molecule has 22 heavy (non-hydrogen) atoms. The summed E-state index contributed by atoms with van der Waals surface area (Å²) in [6.07, 6.45) is 0. The molecule has 6 nitrogen and oxygen atoms in total. The van der Waals surface area contributed by atoms with Gasteiger partial charge in [-0.05, 0) is 24.1 Å². The van der Waals surface area contributed by atoms with Gasteiger partial charge in [0, 0.05) is 5.39 Å². The zero-order valence-electron chi connectivity index (χ0n) is 12.7. The van der Waals surface area contributed by atoms with E-state index >= 15 is 0 Å². The summed E-state index contributed by atoms with van der Waals surface area (Å²) in [5, 5.41) is 6.17. The highest BCUT2D eigenvalue weighted by atomic mass is 16.2. The maximum atomic E-state index is 11.8. The summed E-state index contributed by atoms with van der Waals surface area (Å²) in [6, 6.07) is 10.6. The SMILES string of the molecule is CC(C)[C@H](N)C(=O)NCC(=O)Nc1ccc2ccccc2n1. The van der Waals surface area contributed by atoms with Gasteiger partial charge in [0.2, 0.25) is 11.8 Å². The Morgan fingerprint density at radius 3 is 2.64 bits per heavy atom. The molecule has 0 bridgehead atoms. The molecule has 1 aromatic carbocycles. The fraction of sp³-hybridized carbons (Fsp3) is 0.312. The summed E-state index contributed by atoms with van der Waals surface area (Å²) in [7, 11) is 0. The molecule has 0 radical (unpaired) electrons. The van der Waals surface area contributed by atoms with Gasteiger partial charge >= 0.3 is 0 Å². The van der Waals surface area contributed by atoms with Crippen LogP contribution in [-0.4, -0.2) is 29.4 Å². The van der Waals surface area contributed by atoms with E-state index in [1.165, 1.54) is 0 Å². The minimum Gasteiger partial charge on any atom is -0.346 e. The molecular weight excluding hydrogens is 280 g/mol. The smallest absolute Gasteiger partial charge is 0.244 e. The van der Waals surface area contributed by atoms with Crippen molar-refractivity contribution in [3.63, 3.8) is 0 Å². The van der Waals surface area contributed by atoms with E-state index < -0.39 is 6.04 Å². The van der Waals surface area contributed by atoms with Crippen LogP contribution in [0.1, 0.15) is 13.8 Å². The second-order valence-corrected chi connectivity index (χ2v) is 5.42. The molecule has 0 aliphatic carbocycles. The van der Waals surface area contributed by atoms with Crippen molar-refractivity contribution in [1.82, 2.24) is 10.3 Å². The number of aromatic nitrogens is 1. The first-order valence-electron chi connectivity index (χ1n) is 7.16. The van der Waals surface area contributed by atoms with Gasteiger partial charge in [0.05, 0.1) is 18.1 Å². The Morgan fingerprint density at radius 1 is 1.18 bits per heavy atom. The van der Waals surface area contributed by atoms with E-state index in [2.05, 4.69) is 15.6 Å². The highest BCUT2D eigenvalue weighted by Gasteiger charge is 2.17. The molecule has 0 unspecified atom stereocenters. The number of pyridine rings is 1. The number of fused-ring (bicyclic) bond motifs is 1. The number of amides is 2. The molecule has 2 amide bonds. The lowest BCUT2D eigenvalue weighted by Crippen LogP contribution is -2.46. The lowest BCUT2D eigenvalue weighted by molar-refractivity contribution is -0.125. The number of rotatable bonds is 5. The molecule has 6 heteroatoms. The summed E-state index contributed by atoms with van der Waals surface area (Å²) in [4.78, 5) is 27.9. The molecular formula is C16H20N4O2. The number of carbonyl (C=O) groups excluding carboxylic acids is 2. The van der Waals surface area contributed by atoms with Crippen LogP contribution in [0.3, 0.4) is 0 Å².